The maximum atomic E-state index is 12.6. The van der Waals surface area contributed by atoms with Crippen LogP contribution in [-0.2, 0) is 25.6 Å². The Labute approximate surface area is 216 Å². The highest BCUT2D eigenvalue weighted by Crippen LogP contribution is 2.46. The second-order valence-electron chi connectivity index (χ2n) is 9.24. The summed E-state index contributed by atoms with van der Waals surface area (Å²) in [5.41, 5.74) is 2.35. The van der Waals surface area contributed by atoms with Crippen LogP contribution in [0.4, 0.5) is 4.79 Å². The summed E-state index contributed by atoms with van der Waals surface area (Å²) in [6.07, 6.45) is 3.29. The summed E-state index contributed by atoms with van der Waals surface area (Å²) in [7, 11) is 1.38. The molecule has 1 amide bonds. The number of ether oxygens (including phenoxy) is 4. The number of carbonyl (C=O) groups excluding carboxylic acids is 2. The first-order valence-electron chi connectivity index (χ1n) is 12.4. The van der Waals surface area contributed by atoms with Crippen molar-refractivity contribution in [3.8, 4) is 11.8 Å². The minimum Gasteiger partial charge on any atom is -0.465 e. The van der Waals surface area contributed by atoms with Crippen molar-refractivity contribution in [2.75, 3.05) is 26.9 Å². The highest BCUT2D eigenvalue weighted by Gasteiger charge is 2.42. The van der Waals surface area contributed by atoms with E-state index in [0.717, 1.165) is 41.7 Å². The van der Waals surface area contributed by atoms with E-state index in [1.54, 1.807) is 11.3 Å². The van der Waals surface area contributed by atoms with Gasteiger partial charge in [0.2, 0.25) is 0 Å². The lowest BCUT2D eigenvalue weighted by molar-refractivity contribution is -0.183. The second-order valence-corrected chi connectivity index (χ2v) is 10.3. The van der Waals surface area contributed by atoms with Gasteiger partial charge in [0.05, 0.1) is 37.3 Å². The predicted octanol–water partition coefficient (Wildman–Crippen LogP) is 5.16. The molecule has 1 saturated heterocycles. The Morgan fingerprint density at radius 1 is 1.19 bits per heavy atom. The topological polar surface area (TPSA) is 83.1 Å². The molecule has 2 aromatic rings. The summed E-state index contributed by atoms with van der Waals surface area (Å²) in [5, 5.41) is 2.64. The lowest BCUT2D eigenvalue weighted by Crippen LogP contribution is -2.36. The molecular formula is C28H33NO6S. The van der Waals surface area contributed by atoms with Gasteiger partial charge in [0.15, 0.2) is 5.79 Å². The van der Waals surface area contributed by atoms with E-state index in [0.29, 0.717) is 29.6 Å². The molecule has 192 valence electrons. The molecular weight excluding hydrogens is 478 g/mol. The molecule has 4 rings (SSSR count). The predicted molar refractivity (Wildman–Crippen MR) is 137 cm³/mol. The molecule has 1 N–H and O–H groups in total. The summed E-state index contributed by atoms with van der Waals surface area (Å²) >= 11 is 1.54. The smallest absolute Gasteiger partial charge is 0.408 e. The molecule has 7 nitrogen and oxygen atoms in total. The molecule has 8 heteroatoms. The molecule has 1 spiro atoms. The molecule has 2 aliphatic rings. The van der Waals surface area contributed by atoms with Crippen molar-refractivity contribution in [3.63, 3.8) is 0 Å². The molecule has 0 bridgehead atoms. The Bertz CT molecular complexity index is 1120. The minimum absolute atomic E-state index is 0.112. The van der Waals surface area contributed by atoms with E-state index in [2.05, 4.69) is 24.1 Å². The van der Waals surface area contributed by atoms with E-state index in [1.807, 2.05) is 37.3 Å². The Morgan fingerprint density at radius 2 is 1.89 bits per heavy atom. The zero-order chi connectivity index (χ0) is 25.5. The van der Waals surface area contributed by atoms with Crippen molar-refractivity contribution in [2.45, 2.75) is 57.8 Å². The summed E-state index contributed by atoms with van der Waals surface area (Å²) in [5.74, 6) is 6.00. The molecule has 1 aromatic carbocycles. The number of nitrogens with one attached hydrogen (secondary N) is 1. The van der Waals surface area contributed by atoms with Crippen LogP contribution < -0.4 is 5.32 Å². The summed E-state index contributed by atoms with van der Waals surface area (Å²) in [6, 6.07) is 9.47. The van der Waals surface area contributed by atoms with Crippen molar-refractivity contribution in [3.05, 3.63) is 56.8 Å². The lowest BCUT2D eigenvalue weighted by Gasteiger charge is -2.37. The minimum atomic E-state index is -0.539. The third-order valence-corrected chi connectivity index (χ3v) is 8.44. The molecule has 36 heavy (non-hydrogen) atoms. The van der Waals surface area contributed by atoms with Crippen LogP contribution in [0, 0.1) is 24.7 Å². The van der Waals surface area contributed by atoms with Gasteiger partial charge < -0.3 is 24.3 Å². The second kappa shape index (κ2) is 11.9. The summed E-state index contributed by atoms with van der Waals surface area (Å²) in [4.78, 5) is 26.4. The van der Waals surface area contributed by atoms with Gasteiger partial charge in [0.25, 0.3) is 0 Å². The largest absolute Gasteiger partial charge is 0.465 e. The van der Waals surface area contributed by atoms with Crippen LogP contribution in [0.5, 0.6) is 0 Å². The van der Waals surface area contributed by atoms with Crippen LogP contribution >= 0.6 is 11.3 Å². The maximum absolute atomic E-state index is 12.6. The molecule has 1 atom stereocenters. The van der Waals surface area contributed by atoms with Crippen LogP contribution in [0.15, 0.2) is 30.3 Å². The Hall–Kier alpha value is -2.86. The monoisotopic (exact) mass is 511 g/mol. The van der Waals surface area contributed by atoms with Crippen molar-refractivity contribution < 1.29 is 28.5 Å². The number of esters is 1. The van der Waals surface area contributed by atoms with Gasteiger partial charge in [-0.25, -0.2) is 9.59 Å². The summed E-state index contributed by atoms with van der Waals surface area (Å²) < 4.78 is 22.0. The number of methoxy groups -OCH3 is 1. The molecule has 1 aliphatic carbocycles. The van der Waals surface area contributed by atoms with Gasteiger partial charge in [0.1, 0.15) is 6.61 Å². The van der Waals surface area contributed by atoms with Crippen LogP contribution in [0.2, 0.25) is 0 Å². The van der Waals surface area contributed by atoms with Gasteiger partial charge in [-0.3, -0.25) is 0 Å². The number of thiophene rings is 1. The lowest BCUT2D eigenvalue weighted by atomic mass is 9.77. The fraction of sp³-hybridized carbons (Fsp3) is 0.500. The SMILES string of the molecule is COC(=O)c1c(C#CCNC(=O)OCc2ccccc2)sc([C@H](C)C2CCC3(CC2)OCCO3)c1C. The zero-order valence-electron chi connectivity index (χ0n) is 21.1. The molecule has 2 heterocycles. The Kier molecular flexibility index (Phi) is 8.68. The van der Waals surface area contributed by atoms with Gasteiger partial charge in [-0.1, -0.05) is 49.1 Å². The van der Waals surface area contributed by atoms with E-state index < -0.39 is 12.1 Å². The standard InChI is InChI=1S/C28H33NO6S/c1-19(22-11-13-28(14-12-22)34-16-17-35-28)25-20(2)24(26(30)32-3)23(36-25)10-7-15-29-27(31)33-18-21-8-5-4-6-9-21/h4-6,8-9,19,22H,11-18H2,1-3H3,(H,29,31)/t19-/m1/s1. The van der Waals surface area contributed by atoms with Gasteiger partial charge in [-0.05, 0) is 42.7 Å². The van der Waals surface area contributed by atoms with Gasteiger partial charge >= 0.3 is 12.1 Å². The normalized spacial score (nSPS) is 17.8. The van der Waals surface area contributed by atoms with Crippen LogP contribution in [0.1, 0.15) is 69.8 Å². The molecule has 2 fully saturated rings. The van der Waals surface area contributed by atoms with E-state index in [1.165, 1.54) is 7.11 Å². The first-order chi connectivity index (χ1) is 17.4. The van der Waals surface area contributed by atoms with Gasteiger partial charge in [-0.2, -0.15) is 0 Å². The Balaban J connectivity index is 1.39. The average molecular weight is 512 g/mol. The third-order valence-electron chi connectivity index (χ3n) is 7.04. The van der Waals surface area contributed by atoms with Crippen LogP contribution in [0.25, 0.3) is 0 Å². The van der Waals surface area contributed by atoms with E-state index in [4.69, 9.17) is 18.9 Å². The molecule has 0 radical (unpaired) electrons. The average Bonchev–Trinajstić information content (AvgIpc) is 3.49. The molecule has 0 unspecified atom stereocenters. The maximum Gasteiger partial charge on any atom is 0.408 e. The van der Waals surface area contributed by atoms with Gasteiger partial charge in [0, 0.05) is 17.7 Å². The quantitative estimate of drug-likeness (QED) is 0.426. The van der Waals surface area contributed by atoms with E-state index in [9.17, 15) is 9.59 Å². The van der Waals surface area contributed by atoms with Crippen LogP contribution in [0.3, 0.4) is 0 Å². The number of alkyl carbamates (subject to hydrolysis) is 1. The van der Waals surface area contributed by atoms with Crippen molar-refractivity contribution >= 4 is 23.4 Å². The number of amides is 1. The highest BCUT2D eigenvalue weighted by molar-refractivity contribution is 7.13. The summed E-state index contributed by atoms with van der Waals surface area (Å²) in [6.45, 7) is 5.84. The van der Waals surface area contributed by atoms with Gasteiger partial charge in [-0.15, -0.1) is 11.3 Å². The van der Waals surface area contributed by atoms with Crippen molar-refractivity contribution in [2.24, 2.45) is 5.92 Å². The number of hydrogen-bond acceptors (Lipinski definition) is 7. The highest BCUT2D eigenvalue weighted by atomic mass is 32.1. The first-order valence-corrected chi connectivity index (χ1v) is 13.2. The van der Waals surface area contributed by atoms with Crippen molar-refractivity contribution in [1.29, 1.82) is 0 Å². The fourth-order valence-corrected chi connectivity index (χ4v) is 6.31. The zero-order valence-corrected chi connectivity index (χ0v) is 21.9. The molecule has 1 aromatic heterocycles. The molecule has 1 aliphatic heterocycles. The Morgan fingerprint density at radius 3 is 2.56 bits per heavy atom. The van der Waals surface area contributed by atoms with E-state index >= 15 is 0 Å². The molecule has 1 saturated carbocycles. The first kappa shape index (κ1) is 26.2. The van der Waals surface area contributed by atoms with E-state index in [-0.39, 0.29) is 24.9 Å². The number of carbonyl (C=O) groups is 2. The number of hydrogen-bond donors (Lipinski definition) is 1. The van der Waals surface area contributed by atoms with Crippen molar-refractivity contribution in [1.82, 2.24) is 5.32 Å². The third kappa shape index (κ3) is 6.09. The number of benzene rings is 1. The fourth-order valence-electron chi connectivity index (χ4n) is 5.00. The van der Waals surface area contributed by atoms with Crippen LogP contribution in [-0.4, -0.2) is 44.7 Å². The number of rotatable bonds is 6.